The van der Waals surface area contributed by atoms with Gasteiger partial charge in [0, 0.05) is 22.8 Å². The van der Waals surface area contributed by atoms with E-state index in [1.54, 1.807) is 17.8 Å². The van der Waals surface area contributed by atoms with E-state index in [0.717, 1.165) is 21.5 Å². The van der Waals surface area contributed by atoms with E-state index in [1.165, 1.54) is 23.2 Å². The molecule has 0 aliphatic heterocycles. The highest BCUT2D eigenvalue weighted by Crippen LogP contribution is 2.28. The molecule has 2 amide bonds. The molecule has 0 unspecified atom stereocenters. The molecule has 27 heavy (non-hydrogen) atoms. The van der Waals surface area contributed by atoms with Crippen molar-refractivity contribution in [2.24, 2.45) is 0 Å². The van der Waals surface area contributed by atoms with Crippen molar-refractivity contribution in [1.29, 1.82) is 0 Å². The molecule has 0 aliphatic carbocycles. The largest absolute Gasteiger partial charge is 0.326 e. The number of rotatable bonds is 6. The number of carbonyl (C=O) groups is 2. The summed E-state index contributed by atoms with van der Waals surface area (Å²) in [4.78, 5) is 29.1. The molecule has 0 radical (unpaired) electrons. The Morgan fingerprint density at radius 3 is 2.52 bits per heavy atom. The van der Waals surface area contributed by atoms with Crippen LogP contribution in [0, 0.1) is 0 Å². The molecule has 2 N–H and O–H groups in total. The zero-order valence-corrected chi connectivity index (χ0v) is 17.0. The van der Waals surface area contributed by atoms with Gasteiger partial charge in [-0.25, -0.2) is 4.98 Å². The maximum Gasteiger partial charge on any atom is 0.230 e. The van der Waals surface area contributed by atoms with Gasteiger partial charge in [-0.3, -0.25) is 9.59 Å². The molecule has 0 atom stereocenters. The van der Waals surface area contributed by atoms with Crippen LogP contribution in [0.5, 0.6) is 0 Å². The number of anilines is 2. The normalized spacial score (nSPS) is 11.0. The summed E-state index contributed by atoms with van der Waals surface area (Å²) >= 11 is 3.19. The minimum atomic E-state index is -0.120. The van der Waals surface area contributed by atoms with Crippen LogP contribution in [0.25, 0.3) is 10.2 Å². The van der Waals surface area contributed by atoms with Gasteiger partial charge in [-0.15, -0.1) is 11.8 Å². The maximum absolute atomic E-state index is 12.3. The topological polar surface area (TPSA) is 71.1 Å². The van der Waals surface area contributed by atoms with Gasteiger partial charge in [-0.05, 0) is 35.9 Å². The molecule has 140 valence electrons. The molecule has 0 saturated heterocycles. The van der Waals surface area contributed by atoms with Crippen molar-refractivity contribution in [3.8, 4) is 0 Å². The van der Waals surface area contributed by atoms with E-state index in [-0.39, 0.29) is 11.8 Å². The summed E-state index contributed by atoms with van der Waals surface area (Å²) in [6, 6.07) is 13.6. The van der Waals surface area contributed by atoms with E-state index in [4.69, 9.17) is 0 Å². The molecule has 0 fully saturated rings. The van der Waals surface area contributed by atoms with Crippen LogP contribution in [0.15, 0.2) is 47.4 Å². The molecule has 1 aromatic heterocycles. The Morgan fingerprint density at radius 2 is 1.85 bits per heavy atom. The molecule has 3 rings (SSSR count). The molecular formula is C20H21N3O2S2. The van der Waals surface area contributed by atoms with Gasteiger partial charge in [0.2, 0.25) is 11.8 Å². The van der Waals surface area contributed by atoms with Gasteiger partial charge in [-0.2, -0.15) is 0 Å². The number of fused-ring (bicyclic) bond motifs is 1. The van der Waals surface area contributed by atoms with Crippen LogP contribution < -0.4 is 10.6 Å². The van der Waals surface area contributed by atoms with E-state index in [9.17, 15) is 9.59 Å². The Bertz CT molecular complexity index is 965. The summed E-state index contributed by atoms with van der Waals surface area (Å²) in [5.41, 5.74) is 2.48. The Hall–Kier alpha value is -2.38. The van der Waals surface area contributed by atoms with Crippen molar-refractivity contribution in [2.45, 2.75) is 37.3 Å². The zero-order valence-electron chi connectivity index (χ0n) is 15.4. The van der Waals surface area contributed by atoms with E-state index < -0.39 is 0 Å². The third kappa shape index (κ3) is 5.55. The van der Waals surface area contributed by atoms with Crippen molar-refractivity contribution in [3.63, 3.8) is 0 Å². The highest BCUT2D eigenvalue weighted by molar-refractivity contribution is 7.99. The zero-order chi connectivity index (χ0) is 19.4. The number of carbonyl (C=O) groups excluding carboxylic acids is 2. The standard InChI is InChI=1S/C20H21N3O2S2/c1-12(2)26-16-7-4-14(5-8-16)10-19(25)23-20-22-17-9-6-15(21-13(3)24)11-18(17)27-20/h4-9,11-12H,10H2,1-3H3,(H,21,24)(H,22,23,25). The fraction of sp³-hybridized carbons (Fsp3) is 0.250. The number of hydrogen-bond acceptors (Lipinski definition) is 5. The van der Waals surface area contributed by atoms with Crippen LogP contribution in [-0.4, -0.2) is 22.0 Å². The smallest absolute Gasteiger partial charge is 0.230 e. The lowest BCUT2D eigenvalue weighted by Crippen LogP contribution is -2.14. The predicted octanol–water partition coefficient (Wildman–Crippen LogP) is 4.94. The highest BCUT2D eigenvalue weighted by Gasteiger charge is 2.10. The molecule has 0 aliphatic rings. The number of nitrogens with one attached hydrogen (secondary N) is 2. The van der Waals surface area contributed by atoms with E-state index in [2.05, 4.69) is 41.6 Å². The van der Waals surface area contributed by atoms with Crippen molar-refractivity contribution in [3.05, 3.63) is 48.0 Å². The lowest BCUT2D eigenvalue weighted by molar-refractivity contribution is -0.116. The number of nitrogens with zero attached hydrogens (tertiary/aromatic N) is 1. The van der Waals surface area contributed by atoms with Crippen LogP contribution >= 0.6 is 23.1 Å². The number of aromatic nitrogens is 1. The highest BCUT2D eigenvalue weighted by atomic mass is 32.2. The molecule has 0 bridgehead atoms. The quantitative estimate of drug-likeness (QED) is 0.576. The lowest BCUT2D eigenvalue weighted by atomic mass is 10.1. The predicted molar refractivity (Wildman–Crippen MR) is 114 cm³/mol. The first-order valence-corrected chi connectivity index (χ1v) is 10.3. The minimum Gasteiger partial charge on any atom is -0.326 e. The second-order valence-electron chi connectivity index (χ2n) is 6.42. The van der Waals surface area contributed by atoms with Crippen LogP contribution in [0.3, 0.4) is 0 Å². The fourth-order valence-corrected chi connectivity index (χ4v) is 4.32. The molecule has 0 spiro atoms. The van der Waals surface area contributed by atoms with Gasteiger partial charge in [0.15, 0.2) is 5.13 Å². The molecule has 3 aromatic rings. The summed E-state index contributed by atoms with van der Waals surface area (Å²) < 4.78 is 0.909. The average molecular weight is 400 g/mol. The number of thiazole rings is 1. The van der Waals surface area contributed by atoms with E-state index in [1.807, 2.05) is 24.3 Å². The summed E-state index contributed by atoms with van der Waals surface area (Å²) in [5, 5.41) is 6.70. The Labute approximate surface area is 166 Å². The van der Waals surface area contributed by atoms with E-state index >= 15 is 0 Å². The third-order valence-electron chi connectivity index (χ3n) is 3.61. The van der Waals surface area contributed by atoms with Crippen molar-refractivity contribution >= 4 is 55.9 Å². The minimum absolute atomic E-state index is 0.0968. The summed E-state index contributed by atoms with van der Waals surface area (Å²) in [6.45, 7) is 5.78. The van der Waals surface area contributed by atoms with Crippen molar-refractivity contribution < 1.29 is 9.59 Å². The molecular weight excluding hydrogens is 378 g/mol. The number of benzene rings is 2. The summed E-state index contributed by atoms with van der Waals surface area (Å²) in [5.74, 6) is -0.217. The van der Waals surface area contributed by atoms with Gasteiger partial charge in [-0.1, -0.05) is 37.3 Å². The van der Waals surface area contributed by atoms with Gasteiger partial charge in [0.1, 0.15) is 0 Å². The SMILES string of the molecule is CC(=O)Nc1ccc2nc(NC(=O)Cc3ccc(SC(C)C)cc3)sc2c1. The molecule has 2 aromatic carbocycles. The van der Waals surface area contributed by atoms with Crippen molar-refractivity contribution in [1.82, 2.24) is 4.98 Å². The van der Waals surface area contributed by atoms with Gasteiger partial charge < -0.3 is 10.6 Å². The Morgan fingerprint density at radius 1 is 1.11 bits per heavy atom. The van der Waals surface area contributed by atoms with Gasteiger partial charge in [0.05, 0.1) is 16.6 Å². The van der Waals surface area contributed by atoms with Crippen LogP contribution in [-0.2, 0) is 16.0 Å². The van der Waals surface area contributed by atoms with Crippen LogP contribution in [0.2, 0.25) is 0 Å². The summed E-state index contributed by atoms with van der Waals surface area (Å²) in [6.07, 6.45) is 0.305. The number of hydrogen-bond donors (Lipinski definition) is 2. The molecule has 5 nitrogen and oxygen atoms in total. The van der Waals surface area contributed by atoms with Gasteiger partial charge >= 0.3 is 0 Å². The lowest BCUT2D eigenvalue weighted by Gasteiger charge is -2.06. The second kappa shape index (κ2) is 8.54. The average Bonchev–Trinajstić information content (AvgIpc) is 2.97. The first-order valence-electron chi connectivity index (χ1n) is 8.62. The first kappa shape index (κ1) is 19.4. The summed E-state index contributed by atoms with van der Waals surface area (Å²) in [7, 11) is 0. The number of thioether (sulfide) groups is 1. The van der Waals surface area contributed by atoms with Crippen molar-refractivity contribution in [2.75, 3.05) is 10.6 Å². The number of amides is 2. The first-order chi connectivity index (χ1) is 12.9. The fourth-order valence-electron chi connectivity index (χ4n) is 2.57. The monoisotopic (exact) mass is 399 g/mol. The maximum atomic E-state index is 12.3. The van der Waals surface area contributed by atoms with Gasteiger partial charge in [0.25, 0.3) is 0 Å². The second-order valence-corrected chi connectivity index (χ2v) is 9.10. The molecule has 7 heteroatoms. The Balaban J connectivity index is 1.64. The van der Waals surface area contributed by atoms with Crippen LogP contribution in [0.4, 0.5) is 10.8 Å². The molecule has 1 heterocycles. The Kier molecular flexibility index (Phi) is 6.13. The van der Waals surface area contributed by atoms with E-state index in [0.29, 0.717) is 16.8 Å². The van der Waals surface area contributed by atoms with Crippen LogP contribution in [0.1, 0.15) is 26.3 Å². The molecule has 0 saturated carbocycles. The third-order valence-corrected chi connectivity index (χ3v) is 5.56.